The zero-order chi connectivity index (χ0) is 15.7. The molecule has 0 amide bonds. The van der Waals surface area contributed by atoms with Crippen molar-refractivity contribution in [2.75, 3.05) is 30.0 Å². The molecule has 114 valence electrons. The predicted molar refractivity (Wildman–Crippen MR) is 90.5 cm³/mol. The summed E-state index contributed by atoms with van der Waals surface area (Å²) in [5.74, 6) is 1.15. The summed E-state index contributed by atoms with van der Waals surface area (Å²) in [7, 11) is 5.99. The van der Waals surface area contributed by atoms with Gasteiger partial charge < -0.3 is 16.0 Å². The number of anilines is 4. The van der Waals surface area contributed by atoms with Crippen LogP contribution in [0.3, 0.4) is 0 Å². The second-order valence-electron chi connectivity index (χ2n) is 5.95. The summed E-state index contributed by atoms with van der Waals surface area (Å²) in [5, 5.41) is 7.89. The molecule has 1 aromatic heterocycles. The Bertz CT molecular complexity index is 640. The third kappa shape index (κ3) is 2.96. The van der Waals surface area contributed by atoms with Crippen LogP contribution in [-0.4, -0.2) is 23.9 Å². The van der Waals surface area contributed by atoms with Crippen LogP contribution < -0.4 is 16.0 Å². The number of aryl methyl sites for hydroxylation is 2. The lowest BCUT2D eigenvalue weighted by molar-refractivity contribution is 0.718. The van der Waals surface area contributed by atoms with E-state index in [2.05, 4.69) is 54.3 Å². The van der Waals surface area contributed by atoms with Gasteiger partial charge in [0.05, 0.1) is 11.4 Å². The van der Waals surface area contributed by atoms with Gasteiger partial charge in [-0.05, 0) is 30.5 Å². The predicted octanol–water partition coefficient (Wildman–Crippen LogP) is 3.24. The lowest BCUT2D eigenvalue weighted by atomic mass is 10.1. The number of nitrogens with two attached hydrogens (primary N) is 1. The summed E-state index contributed by atoms with van der Waals surface area (Å²) in [6.07, 6.45) is 0. The number of nitrogen functional groups attached to an aromatic ring is 1. The van der Waals surface area contributed by atoms with Crippen molar-refractivity contribution in [3.05, 3.63) is 29.5 Å². The maximum atomic E-state index is 6.22. The van der Waals surface area contributed by atoms with Crippen LogP contribution >= 0.6 is 0 Å². The van der Waals surface area contributed by atoms with Crippen molar-refractivity contribution in [1.82, 2.24) is 9.78 Å². The van der Waals surface area contributed by atoms with E-state index in [1.54, 1.807) is 4.68 Å². The highest BCUT2D eigenvalue weighted by atomic mass is 15.3. The van der Waals surface area contributed by atoms with E-state index in [1.807, 2.05) is 21.1 Å². The van der Waals surface area contributed by atoms with E-state index in [4.69, 9.17) is 5.73 Å². The Morgan fingerprint density at radius 3 is 2.48 bits per heavy atom. The number of rotatable bonds is 4. The van der Waals surface area contributed by atoms with Gasteiger partial charge in [-0.1, -0.05) is 19.9 Å². The molecule has 0 spiro atoms. The number of nitrogens with zero attached hydrogens (tertiary/aromatic N) is 3. The summed E-state index contributed by atoms with van der Waals surface area (Å²) in [4.78, 5) is 2.10. The average Bonchev–Trinajstić information content (AvgIpc) is 2.68. The molecule has 0 radical (unpaired) electrons. The van der Waals surface area contributed by atoms with Gasteiger partial charge in [-0.25, -0.2) is 0 Å². The Balaban J connectivity index is 2.37. The van der Waals surface area contributed by atoms with E-state index in [1.165, 1.54) is 11.3 Å². The molecule has 21 heavy (non-hydrogen) atoms. The number of hydrogen-bond donors (Lipinski definition) is 2. The van der Waals surface area contributed by atoms with Gasteiger partial charge in [0.15, 0.2) is 5.82 Å². The molecular formula is C16H25N5. The molecule has 0 aliphatic carbocycles. The smallest absolute Gasteiger partial charge is 0.152 e. The van der Waals surface area contributed by atoms with E-state index < -0.39 is 0 Å². The molecule has 0 unspecified atom stereocenters. The molecular weight excluding hydrogens is 262 g/mol. The molecule has 0 fully saturated rings. The lowest BCUT2D eigenvalue weighted by Crippen LogP contribution is -2.10. The molecule has 1 heterocycles. The Morgan fingerprint density at radius 2 is 1.95 bits per heavy atom. The molecule has 1 aromatic carbocycles. The van der Waals surface area contributed by atoms with Crippen LogP contribution in [0, 0.1) is 6.92 Å². The van der Waals surface area contributed by atoms with Crippen LogP contribution in [0.1, 0.15) is 31.0 Å². The topological polar surface area (TPSA) is 59.1 Å². The summed E-state index contributed by atoms with van der Waals surface area (Å²) < 4.78 is 1.81. The van der Waals surface area contributed by atoms with Crippen LogP contribution in [0.25, 0.3) is 0 Å². The summed E-state index contributed by atoms with van der Waals surface area (Å²) >= 11 is 0. The highest BCUT2D eigenvalue weighted by molar-refractivity contribution is 5.74. The van der Waals surface area contributed by atoms with Crippen molar-refractivity contribution in [2.24, 2.45) is 7.05 Å². The number of benzene rings is 1. The number of hydrogen-bond acceptors (Lipinski definition) is 4. The third-order valence-electron chi connectivity index (χ3n) is 3.61. The monoisotopic (exact) mass is 287 g/mol. The number of nitrogens with one attached hydrogen (secondary N) is 1. The molecule has 2 aromatic rings. The van der Waals surface area contributed by atoms with Crippen molar-refractivity contribution < 1.29 is 0 Å². The van der Waals surface area contributed by atoms with Crippen LogP contribution in [0.5, 0.6) is 0 Å². The van der Waals surface area contributed by atoms with Crippen molar-refractivity contribution in [1.29, 1.82) is 0 Å². The molecule has 0 bridgehead atoms. The molecule has 0 aliphatic heterocycles. The average molecular weight is 287 g/mol. The quantitative estimate of drug-likeness (QED) is 0.906. The second-order valence-corrected chi connectivity index (χ2v) is 5.95. The maximum Gasteiger partial charge on any atom is 0.152 e. The minimum absolute atomic E-state index is 0.308. The number of aromatic nitrogens is 2. The second kappa shape index (κ2) is 5.68. The third-order valence-corrected chi connectivity index (χ3v) is 3.61. The first-order valence-electron chi connectivity index (χ1n) is 7.18. The standard InChI is InChI=1S/C16H25N5/c1-10(2)15-14(17)16(21(6)19-15)18-12-8-7-11(3)13(9-12)20(4)5/h7-10,18H,17H2,1-6H3. The first-order chi connectivity index (χ1) is 9.81. The van der Waals surface area contributed by atoms with E-state index >= 15 is 0 Å². The molecule has 0 saturated heterocycles. The van der Waals surface area contributed by atoms with Gasteiger partial charge in [0, 0.05) is 32.5 Å². The van der Waals surface area contributed by atoms with Crippen LogP contribution in [-0.2, 0) is 7.05 Å². The van der Waals surface area contributed by atoms with Crippen LogP contribution in [0.4, 0.5) is 22.9 Å². The summed E-state index contributed by atoms with van der Waals surface area (Å²) in [5.41, 5.74) is 11.3. The molecule has 0 aliphatic rings. The SMILES string of the molecule is Cc1ccc(Nc2c(N)c(C(C)C)nn2C)cc1N(C)C. The van der Waals surface area contributed by atoms with Gasteiger partial charge >= 0.3 is 0 Å². The maximum absolute atomic E-state index is 6.22. The van der Waals surface area contributed by atoms with Crippen LogP contribution in [0.15, 0.2) is 18.2 Å². The first-order valence-corrected chi connectivity index (χ1v) is 7.18. The summed E-state index contributed by atoms with van der Waals surface area (Å²) in [6, 6.07) is 6.29. The fourth-order valence-electron chi connectivity index (χ4n) is 2.44. The summed E-state index contributed by atoms with van der Waals surface area (Å²) in [6.45, 7) is 6.30. The fourth-order valence-corrected chi connectivity index (χ4v) is 2.44. The highest BCUT2D eigenvalue weighted by Gasteiger charge is 2.16. The first kappa shape index (κ1) is 15.2. The normalized spacial score (nSPS) is 11.0. The zero-order valence-corrected chi connectivity index (χ0v) is 13.7. The molecule has 2 rings (SSSR count). The fraction of sp³-hybridized carbons (Fsp3) is 0.438. The molecule has 5 heteroatoms. The van der Waals surface area contributed by atoms with E-state index in [0.717, 1.165) is 22.9 Å². The van der Waals surface area contributed by atoms with Gasteiger partial charge in [-0.15, -0.1) is 0 Å². The van der Waals surface area contributed by atoms with Gasteiger partial charge in [0.2, 0.25) is 0 Å². The van der Waals surface area contributed by atoms with E-state index in [9.17, 15) is 0 Å². The Labute approximate surface area is 126 Å². The molecule has 3 N–H and O–H groups in total. The van der Waals surface area contributed by atoms with Crippen molar-refractivity contribution in [2.45, 2.75) is 26.7 Å². The van der Waals surface area contributed by atoms with Crippen LogP contribution in [0.2, 0.25) is 0 Å². The highest BCUT2D eigenvalue weighted by Crippen LogP contribution is 2.31. The van der Waals surface area contributed by atoms with Gasteiger partial charge in [0.25, 0.3) is 0 Å². The minimum Gasteiger partial charge on any atom is -0.394 e. The van der Waals surface area contributed by atoms with Crippen molar-refractivity contribution in [3.8, 4) is 0 Å². The molecule has 0 atom stereocenters. The molecule has 5 nitrogen and oxygen atoms in total. The van der Waals surface area contributed by atoms with E-state index in [0.29, 0.717) is 5.92 Å². The molecule has 0 saturated carbocycles. The Kier molecular flexibility index (Phi) is 4.11. The largest absolute Gasteiger partial charge is 0.394 e. The van der Waals surface area contributed by atoms with Gasteiger partial charge in [-0.3, -0.25) is 4.68 Å². The minimum atomic E-state index is 0.308. The lowest BCUT2D eigenvalue weighted by Gasteiger charge is -2.17. The van der Waals surface area contributed by atoms with Gasteiger partial charge in [-0.2, -0.15) is 5.10 Å². The van der Waals surface area contributed by atoms with Crippen molar-refractivity contribution in [3.63, 3.8) is 0 Å². The van der Waals surface area contributed by atoms with Crippen molar-refractivity contribution >= 4 is 22.9 Å². The Hall–Kier alpha value is -2.17. The Morgan fingerprint density at radius 1 is 1.29 bits per heavy atom. The zero-order valence-electron chi connectivity index (χ0n) is 13.7. The van der Waals surface area contributed by atoms with E-state index in [-0.39, 0.29) is 0 Å². The van der Waals surface area contributed by atoms with Gasteiger partial charge in [0.1, 0.15) is 0 Å².